The van der Waals surface area contributed by atoms with Crippen LogP contribution in [0.1, 0.15) is 17.2 Å². The predicted octanol–water partition coefficient (Wildman–Crippen LogP) is 4.55. The monoisotopic (exact) mass is 405 g/mol. The number of halogens is 4. The van der Waals surface area contributed by atoms with E-state index >= 15 is 0 Å². The van der Waals surface area contributed by atoms with Crippen molar-refractivity contribution in [2.24, 2.45) is 5.73 Å². The van der Waals surface area contributed by atoms with E-state index in [-0.39, 0.29) is 10.2 Å². The SMILES string of the molecule is COc1cc(F)c(Br)cc1C(N)c1cc(Br)ccc1F. The normalized spacial score (nSPS) is 12.3. The Kier molecular flexibility index (Phi) is 4.78. The maximum atomic E-state index is 13.9. The number of nitrogens with two attached hydrogens (primary N) is 1. The molecule has 2 rings (SSSR count). The number of methoxy groups -OCH3 is 1. The van der Waals surface area contributed by atoms with E-state index in [0.717, 1.165) is 0 Å². The Bertz CT molecular complexity index is 649. The molecular formula is C14H11Br2F2NO. The summed E-state index contributed by atoms with van der Waals surface area (Å²) in [6, 6.07) is 6.46. The summed E-state index contributed by atoms with van der Waals surface area (Å²) in [7, 11) is 1.41. The molecule has 0 radical (unpaired) electrons. The molecule has 0 spiro atoms. The molecule has 106 valence electrons. The first-order valence-corrected chi connectivity index (χ1v) is 7.26. The molecule has 1 atom stereocenters. The fourth-order valence-corrected chi connectivity index (χ4v) is 2.62. The van der Waals surface area contributed by atoms with Crippen LogP contribution in [0.2, 0.25) is 0 Å². The van der Waals surface area contributed by atoms with Crippen molar-refractivity contribution >= 4 is 31.9 Å². The minimum absolute atomic E-state index is 0.249. The lowest BCUT2D eigenvalue weighted by Gasteiger charge is -2.18. The summed E-state index contributed by atoms with van der Waals surface area (Å²) in [6.07, 6.45) is 0. The first-order chi connectivity index (χ1) is 9.43. The highest BCUT2D eigenvalue weighted by Gasteiger charge is 2.20. The van der Waals surface area contributed by atoms with E-state index in [4.69, 9.17) is 10.5 Å². The molecule has 2 aromatic carbocycles. The van der Waals surface area contributed by atoms with Gasteiger partial charge in [-0.2, -0.15) is 0 Å². The zero-order valence-electron chi connectivity index (χ0n) is 10.5. The molecule has 0 bridgehead atoms. The molecule has 0 aliphatic carbocycles. The summed E-state index contributed by atoms with van der Waals surface area (Å²) in [5.74, 6) is -0.617. The Hall–Kier alpha value is -0.980. The molecule has 2 N–H and O–H groups in total. The van der Waals surface area contributed by atoms with Gasteiger partial charge in [0.1, 0.15) is 17.4 Å². The third kappa shape index (κ3) is 3.02. The van der Waals surface area contributed by atoms with Gasteiger partial charge in [-0.05, 0) is 40.2 Å². The van der Waals surface area contributed by atoms with Crippen LogP contribution in [-0.4, -0.2) is 7.11 Å². The molecule has 0 amide bonds. The average molecular weight is 407 g/mol. The Labute approximate surface area is 132 Å². The summed E-state index contributed by atoms with van der Waals surface area (Å²) in [5, 5.41) is 0. The minimum atomic E-state index is -0.764. The van der Waals surface area contributed by atoms with E-state index in [0.29, 0.717) is 15.6 Å². The van der Waals surface area contributed by atoms with Crippen LogP contribution >= 0.6 is 31.9 Å². The van der Waals surface area contributed by atoms with Gasteiger partial charge in [0, 0.05) is 21.7 Å². The summed E-state index contributed by atoms with van der Waals surface area (Å²) in [4.78, 5) is 0. The van der Waals surface area contributed by atoms with Gasteiger partial charge in [-0.15, -0.1) is 0 Å². The molecule has 0 aliphatic heterocycles. The largest absolute Gasteiger partial charge is 0.496 e. The van der Waals surface area contributed by atoms with E-state index in [1.54, 1.807) is 12.1 Å². The quantitative estimate of drug-likeness (QED) is 0.811. The molecule has 0 saturated heterocycles. The second kappa shape index (κ2) is 6.20. The summed E-state index contributed by atoms with van der Waals surface area (Å²) in [6.45, 7) is 0. The zero-order chi connectivity index (χ0) is 14.9. The molecule has 2 nitrogen and oxygen atoms in total. The van der Waals surface area contributed by atoms with Crippen molar-refractivity contribution in [1.82, 2.24) is 0 Å². The average Bonchev–Trinajstić information content (AvgIpc) is 2.43. The van der Waals surface area contributed by atoms with Crippen LogP contribution in [0.25, 0.3) is 0 Å². The lowest BCUT2D eigenvalue weighted by atomic mass is 9.98. The van der Waals surface area contributed by atoms with Crippen molar-refractivity contribution < 1.29 is 13.5 Å². The number of hydrogen-bond donors (Lipinski definition) is 1. The highest BCUT2D eigenvalue weighted by Crippen LogP contribution is 2.34. The number of benzene rings is 2. The zero-order valence-corrected chi connectivity index (χ0v) is 13.6. The minimum Gasteiger partial charge on any atom is -0.496 e. The topological polar surface area (TPSA) is 35.2 Å². The highest BCUT2D eigenvalue weighted by atomic mass is 79.9. The molecule has 0 aromatic heterocycles. The van der Waals surface area contributed by atoms with Crippen LogP contribution in [0.4, 0.5) is 8.78 Å². The molecule has 2 aromatic rings. The van der Waals surface area contributed by atoms with Gasteiger partial charge >= 0.3 is 0 Å². The highest BCUT2D eigenvalue weighted by molar-refractivity contribution is 9.10. The Balaban J connectivity index is 2.55. The lowest BCUT2D eigenvalue weighted by molar-refractivity contribution is 0.403. The van der Waals surface area contributed by atoms with E-state index < -0.39 is 17.7 Å². The molecule has 0 saturated carbocycles. The van der Waals surface area contributed by atoms with E-state index in [1.165, 1.54) is 25.3 Å². The van der Waals surface area contributed by atoms with E-state index in [9.17, 15) is 8.78 Å². The van der Waals surface area contributed by atoms with Crippen molar-refractivity contribution in [2.75, 3.05) is 7.11 Å². The molecule has 6 heteroatoms. The first kappa shape index (κ1) is 15.4. The van der Waals surface area contributed by atoms with Gasteiger partial charge < -0.3 is 10.5 Å². The molecule has 0 heterocycles. The Morgan fingerprint density at radius 1 is 1.05 bits per heavy atom. The summed E-state index contributed by atoms with van der Waals surface area (Å²) in [5.41, 5.74) is 6.90. The number of ether oxygens (including phenoxy) is 1. The van der Waals surface area contributed by atoms with Gasteiger partial charge in [0.2, 0.25) is 0 Å². The smallest absolute Gasteiger partial charge is 0.141 e. The van der Waals surface area contributed by atoms with Gasteiger partial charge in [-0.25, -0.2) is 8.78 Å². The third-order valence-electron chi connectivity index (χ3n) is 2.90. The second-order valence-corrected chi connectivity index (χ2v) is 5.92. The summed E-state index contributed by atoms with van der Waals surface area (Å²) < 4.78 is 33.5. The van der Waals surface area contributed by atoms with Crippen LogP contribution in [0.5, 0.6) is 5.75 Å². The van der Waals surface area contributed by atoms with Gasteiger partial charge in [0.05, 0.1) is 17.6 Å². The van der Waals surface area contributed by atoms with Crippen LogP contribution < -0.4 is 10.5 Å². The second-order valence-electron chi connectivity index (χ2n) is 4.15. The Morgan fingerprint density at radius 3 is 2.40 bits per heavy atom. The maximum absolute atomic E-state index is 13.9. The first-order valence-electron chi connectivity index (χ1n) is 5.67. The Morgan fingerprint density at radius 2 is 1.75 bits per heavy atom. The van der Waals surface area contributed by atoms with Crippen molar-refractivity contribution in [2.45, 2.75) is 6.04 Å². The van der Waals surface area contributed by atoms with Crippen LogP contribution in [-0.2, 0) is 0 Å². The summed E-state index contributed by atoms with van der Waals surface area (Å²) >= 11 is 6.37. The van der Waals surface area contributed by atoms with E-state index in [2.05, 4.69) is 31.9 Å². The number of rotatable bonds is 3. The van der Waals surface area contributed by atoms with Crippen LogP contribution in [0.3, 0.4) is 0 Å². The molecular weight excluding hydrogens is 396 g/mol. The predicted molar refractivity (Wildman–Crippen MR) is 80.8 cm³/mol. The molecule has 20 heavy (non-hydrogen) atoms. The van der Waals surface area contributed by atoms with Crippen molar-refractivity contribution in [3.63, 3.8) is 0 Å². The molecule has 0 fully saturated rings. The van der Waals surface area contributed by atoms with Crippen molar-refractivity contribution in [1.29, 1.82) is 0 Å². The third-order valence-corrected chi connectivity index (χ3v) is 4.00. The molecule has 0 aliphatic rings. The number of hydrogen-bond acceptors (Lipinski definition) is 2. The van der Waals surface area contributed by atoms with Crippen molar-refractivity contribution in [3.8, 4) is 5.75 Å². The van der Waals surface area contributed by atoms with Gasteiger partial charge in [-0.3, -0.25) is 0 Å². The van der Waals surface area contributed by atoms with E-state index in [1.807, 2.05) is 0 Å². The maximum Gasteiger partial charge on any atom is 0.141 e. The lowest BCUT2D eigenvalue weighted by Crippen LogP contribution is -2.15. The molecule has 1 unspecified atom stereocenters. The fraction of sp³-hybridized carbons (Fsp3) is 0.143. The van der Waals surface area contributed by atoms with Crippen molar-refractivity contribution in [3.05, 3.63) is 62.0 Å². The van der Waals surface area contributed by atoms with Gasteiger partial charge in [-0.1, -0.05) is 15.9 Å². The van der Waals surface area contributed by atoms with Crippen LogP contribution in [0.15, 0.2) is 39.3 Å². The fourth-order valence-electron chi connectivity index (χ4n) is 1.88. The van der Waals surface area contributed by atoms with Gasteiger partial charge in [0.15, 0.2) is 0 Å². The van der Waals surface area contributed by atoms with Crippen LogP contribution in [0, 0.1) is 11.6 Å². The standard InChI is InChI=1S/C14H11Br2F2NO/c1-20-13-6-12(18)10(16)5-9(13)14(19)8-4-7(15)2-3-11(8)17/h2-6,14H,19H2,1H3. The van der Waals surface area contributed by atoms with Gasteiger partial charge in [0.25, 0.3) is 0 Å².